The third-order valence-electron chi connectivity index (χ3n) is 3.16. The normalized spacial score (nSPS) is 10.3. The van der Waals surface area contributed by atoms with Crippen LogP contribution < -0.4 is 4.90 Å². The van der Waals surface area contributed by atoms with Crippen LogP contribution in [0.25, 0.3) is 0 Å². The molecule has 20 heavy (non-hydrogen) atoms. The van der Waals surface area contributed by atoms with Gasteiger partial charge in [-0.3, -0.25) is 0 Å². The number of para-hydroxylation sites is 1. The van der Waals surface area contributed by atoms with Crippen LogP contribution in [0.2, 0.25) is 0 Å². The van der Waals surface area contributed by atoms with Gasteiger partial charge in [0, 0.05) is 13.6 Å². The van der Waals surface area contributed by atoms with Gasteiger partial charge < -0.3 is 10.0 Å². The van der Waals surface area contributed by atoms with Gasteiger partial charge >= 0.3 is 5.97 Å². The van der Waals surface area contributed by atoms with Gasteiger partial charge in [-0.1, -0.05) is 24.3 Å². The minimum Gasteiger partial charge on any atom is -0.478 e. The van der Waals surface area contributed by atoms with Gasteiger partial charge in [0.2, 0.25) is 0 Å². The second-order valence-corrected chi connectivity index (χ2v) is 4.76. The third-order valence-corrected chi connectivity index (χ3v) is 3.16. The van der Waals surface area contributed by atoms with Crippen LogP contribution in [0.1, 0.15) is 21.5 Å². The number of benzene rings is 2. The number of aromatic carboxylic acids is 1. The minimum absolute atomic E-state index is 0.254. The fourth-order valence-electron chi connectivity index (χ4n) is 2.33. The number of hydrogen-bond acceptors (Lipinski definition) is 2. The lowest BCUT2D eigenvalue weighted by Gasteiger charge is -2.23. The highest BCUT2D eigenvalue weighted by atomic mass is 19.1. The maximum Gasteiger partial charge on any atom is 0.337 e. The molecule has 0 aliphatic carbocycles. The first-order valence-corrected chi connectivity index (χ1v) is 6.27. The molecule has 0 bridgehead atoms. The summed E-state index contributed by atoms with van der Waals surface area (Å²) in [4.78, 5) is 13.1. The topological polar surface area (TPSA) is 40.5 Å². The Morgan fingerprint density at radius 1 is 1.25 bits per heavy atom. The Morgan fingerprint density at radius 3 is 2.60 bits per heavy atom. The van der Waals surface area contributed by atoms with Gasteiger partial charge in [-0.15, -0.1) is 0 Å². The standard InChI is InChI=1S/C16H16FNO2/c1-11-5-3-8-14(16(19)20)15(11)18(2)10-12-6-4-7-13(17)9-12/h3-9H,10H2,1-2H3,(H,19,20). The molecule has 0 saturated heterocycles. The molecule has 1 N–H and O–H groups in total. The summed E-state index contributed by atoms with van der Waals surface area (Å²) in [5.74, 6) is -1.26. The number of anilines is 1. The monoisotopic (exact) mass is 273 g/mol. The number of aryl methyl sites for hydroxylation is 1. The first-order valence-electron chi connectivity index (χ1n) is 6.27. The molecule has 0 unspecified atom stereocenters. The molecule has 104 valence electrons. The Morgan fingerprint density at radius 2 is 1.95 bits per heavy atom. The average molecular weight is 273 g/mol. The van der Waals surface area contributed by atoms with E-state index < -0.39 is 5.97 Å². The fraction of sp³-hybridized carbons (Fsp3) is 0.188. The van der Waals surface area contributed by atoms with E-state index >= 15 is 0 Å². The molecule has 0 saturated carbocycles. The van der Waals surface area contributed by atoms with Crippen LogP contribution in [0.5, 0.6) is 0 Å². The Balaban J connectivity index is 2.34. The quantitative estimate of drug-likeness (QED) is 0.927. The number of carboxylic acids is 1. The number of rotatable bonds is 4. The van der Waals surface area contributed by atoms with Crippen LogP contribution in [0, 0.1) is 12.7 Å². The molecule has 2 rings (SSSR count). The number of carboxylic acid groups (broad SMARTS) is 1. The van der Waals surface area contributed by atoms with Crippen LogP contribution in [-0.2, 0) is 6.54 Å². The van der Waals surface area contributed by atoms with Gasteiger partial charge in [-0.25, -0.2) is 9.18 Å². The highest BCUT2D eigenvalue weighted by molar-refractivity contribution is 5.95. The highest BCUT2D eigenvalue weighted by Crippen LogP contribution is 2.25. The molecule has 2 aromatic carbocycles. The van der Waals surface area contributed by atoms with Crippen molar-refractivity contribution < 1.29 is 14.3 Å². The highest BCUT2D eigenvalue weighted by Gasteiger charge is 2.15. The lowest BCUT2D eigenvalue weighted by Crippen LogP contribution is -2.20. The van der Waals surface area contributed by atoms with Crippen molar-refractivity contribution in [3.8, 4) is 0 Å². The lowest BCUT2D eigenvalue weighted by atomic mass is 10.1. The van der Waals surface area contributed by atoms with Gasteiger partial charge in [0.1, 0.15) is 5.82 Å². The van der Waals surface area contributed by atoms with Crippen molar-refractivity contribution in [2.45, 2.75) is 13.5 Å². The van der Waals surface area contributed by atoms with E-state index in [1.165, 1.54) is 12.1 Å². The molecule has 0 radical (unpaired) electrons. The molecular formula is C16H16FNO2. The van der Waals surface area contributed by atoms with E-state index in [9.17, 15) is 14.3 Å². The molecule has 0 spiro atoms. The molecule has 0 heterocycles. The smallest absolute Gasteiger partial charge is 0.337 e. The summed E-state index contributed by atoms with van der Waals surface area (Å²) in [6.45, 7) is 2.31. The summed E-state index contributed by atoms with van der Waals surface area (Å²) in [5, 5.41) is 9.26. The SMILES string of the molecule is Cc1cccc(C(=O)O)c1N(C)Cc1cccc(F)c1. The van der Waals surface area contributed by atoms with E-state index in [1.807, 2.05) is 24.0 Å². The Bertz CT molecular complexity index is 640. The van der Waals surface area contributed by atoms with Crippen LogP contribution in [0.15, 0.2) is 42.5 Å². The molecular weight excluding hydrogens is 257 g/mol. The summed E-state index contributed by atoms with van der Waals surface area (Å²) in [6.07, 6.45) is 0. The molecule has 0 aliphatic heterocycles. The van der Waals surface area contributed by atoms with Crippen LogP contribution in [-0.4, -0.2) is 18.1 Å². The second-order valence-electron chi connectivity index (χ2n) is 4.76. The predicted molar refractivity (Wildman–Crippen MR) is 76.6 cm³/mol. The Labute approximate surface area is 117 Å². The van der Waals surface area contributed by atoms with Gasteiger partial charge in [-0.05, 0) is 36.2 Å². The van der Waals surface area contributed by atoms with E-state index in [2.05, 4.69) is 0 Å². The van der Waals surface area contributed by atoms with Crippen molar-refractivity contribution >= 4 is 11.7 Å². The second kappa shape index (κ2) is 5.74. The maximum absolute atomic E-state index is 13.2. The minimum atomic E-state index is -0.963. The van der Waals surface area contributed by atoms with Crippen LogP contribution in [0.3, 0.4) is 0 Å². The van der Waals surface area contributed by atoms with E-state index in [1.54, 1.807) is 25.2 Å². The van der Waals surface area contributed by atoms with Crippen molar-refractivity contribution in [3.05, 3.63) is 65.0 Å². The lowest BCUT2D eigenvalue weighted by molar-refractivity contribution is 0.0697. The van der Waals surface area contributed by atoms with E-state index in [0.717, 1.165) is 11.1 Å². The number of nitrogens with zero attached hydrogens (tertiary/aromatic N) is 1. The molecule has 2 aromatic rings. The van der Waals surface area contributed by atoms with Crippen LogP contribution in [0.4, 0.5) is 10.1 Å². The zero-order chi connectivity index (χ0) is 14.7. The Kier molecular flexibility index (Phi) is 4.03. The summed E-state index contributed by atoms with van der Waals surface area (Å²) in [7, 11) is 1.81. The van der Waals surface area contributed by atoms with E-state index in [-0.39, 0.29) is 11.4 Å². The van der Waals surface area contributed by atoms with Crippen molar-refractivity contribution in [2.75, 3.05) is 11.9 Å². The van der Waals surface area contributed by atoms with Gasteiger partial charge in [0.05, 0.1) is 11.3 Å². The van der Waals surface area contributed by atoms with Crippen LogP contribution >= 0.6 is 0 Å². The molecule has 0 atom stereocenters. The van der Waals surface area contributed by atoms with Gasteiger partial charge in [0.25, 0.3) is 0 Å². The van der Waals surface area contributed by atoms with Crippen molar-refractivity contribution in [2.24, 2.45) is 0 Å². The number of halogens is 1. The van der Waals surface area contributed by atoms with E-state index in [4.69, 9.17) is 0 Å². The van der Waals surface area contributed by atoms with Gasteiger partial charge in [0.15, 0.2) is 0 Å². The average Bonchev–Trinajstić information content (AvgIpc) is 2.38. The van der Waals surface area contributed by atoms with Crippen molar-refractivity contribution in [3.63, 3.8) is 0 Å². The number of hydrogen-bond donors (Lipinski definition) is 1. The Hall–Kier alpha value is -2.36. The molecule has 0 aromatic heterocycles. The van der Waals surface area contributed by atoms with E-state index in [0.29, 0.717) is 12.2 Å². The number of carbonyl (C=O) groups is 1. The summed E-state index contributed by atoms with van der Waals surface area (Å²) in [6, 6.07) is 11.5. The summed E-state index contributed by atoms with van der Waals surface area (Å²) < 4.78 is 13.2. The maximum atomic E-state index is 13.2. The molecule has 0 fully saturated rings. The largest absolute Gasteiger partial charge is 0.478 e. The third kappa shape index (κ3) is 2.96. The first-order chi connectivity index (χ1) is 9.49. The van der Waals surface area contributed by atoms with Gasteiger partial charge in [-0.2, -0.15) is 0 Å². The zero-order valence-electron chi connectivity index (χ0n) is 11.4. The zero-order valence-corrected chi connectivity index (χ0v) is 11.4. The molecule has 4 heteroatoms. The fourth-order valence-corrected chi connectivity index (χ4v) is 2.33. The molecule has 3 nitrogen and oxygen atoms in total. The van der Waals surface area contributed by atoms with Crippen molar-refractivity contribution in [1.82, 2.24) is 0 Å². The molecule has 0 aliphatic rings. The molecule has 0 amide bonds. The van der Waals surface area contributed by atoms with Crippen molar-refractivity contribution in [1.29, 1.82) is 0 Å². The summed E-state index contributed by atoms with van der Waals surface area (Å²) in [5.41, 5.74) is 2.59. The summed E-state index contributed by atoms with van der Waals surface area (Å²) >= 11 is 0. The first kappa shape index (κ1) is 14.1. The predicted octanol–water partition coefficient (Wildman–Crippen LogP) is 3.47.